The van der Waals surface area contributed by atoms with E-state index in [9.17, 15) is 0 Å². The number of aromatic nitrogens is 3. The maximum Gasteiger partial charge on any atom is 0.227 e. The number of fused-ring (bicyclic) bond motifs is 1. The standard InChI is InChI=1S/C21H23N5/c1-25(16-11-17-8-12-22-13-9-17)21-23-14-10-20(24-21)26-15-4-6-18-5-2-3-7-19(18)26/h2-3,5,7-10,12-14H,4,6,11,15-16H2,1H3. The number of anilines is 3. The molecule has 0 radical (unpaired) electrons. The van der Waals surface area contributed by atoms with Crippen LogP contribution in [0.5, 0.6) is 0 Å². The molecule has 26 heavy (non-hydrogen) atoms. The zero-order chi connectivity index (χ0) is 17.8. The monoisotopic (exact) mass is 345 g/mol. The molecule has 0 fully saturated rings. The third kappa shape index (κ3) is 3.52. The molecular formula is C21H23N5. The molecule has 0 bridgehead atoms. The van der Waals surface area contributed by atoms with Crippen molar-refractivity contribution in [2.45, 2.75) is 19.3 Å². The van der Waals surface area contributed by atoms with Crippen molar-refractivity contribution in [3.8, 4) is 0 Å². The molecule has 0 saturated heterocycles. The molecule has 4 rings (SSSR count). The Hall–Kier alpha value is -2.95. The van der Waals surface area contributed by atoms with E-state index >= 15 is 0 Å². The molecule has 1 aromatic carbocycles. The van der Waals surface area contributed by atoms with Crippen LogP contribution in [0.15, 0.2) is 61.1 Å². The van der Waals surface area contributed by atoms with Crippen molar-refractivity contribution in [1.82, 2.24) is 15.0 Å². The van der Waals surface area contributed by atoms with Gasteiger partial charge in [-0.2, -0.15) is 4.98 Å². The first-order chi connectivity index (χ1) is 12.8. The van der Waals surface area contributed by atoms with E-state index in [1.54, 1.807) is 0 Å². The SMILES string of the molecule is CN(CCc1ccncc1)c1nccc(N2CCCc3ccccc32)n1. The average Bonchev–Trinajstić information content (AvgIpc) is 2.72. The van der Waals surface area contributed by atoms with Gasteiger partial charge in [0.2, 0.25) is 5.95 Å². The fourth-order valence-corrected chi connectivity index (χ4v) is 3.39. The predicted octanol–water partition coefficient (Wildman–Crippen LogP) is 3.63. The average molecular weight is 345 g/mol. The van der Waals surface area contributed by atoms with E-state index < -0.39 is 0 Å². The highest BCUT2D eigenvalue weighted by molar-refractivity contribution is 5.65. The molecular weight excluding hydrogens is 322 g/mol. The lowest BCUT2D eigenvalue weighted by molar-refractivity contribution is 0.755. The molecule has 3 heterocycles. The molecule has 1 aliphatic rings. The summed E-state index contributed by atoms with van der Waals surface area (Å²) >= 11 is 0. The topological polar surface area (TPSA) is 45.2 Å². The van der Waals surface area contributed by atoms with Gasteiger partial charge in [0, 0.05) is 44.4 Å². The van der Waals surface area contributed by atoms with Gasteiger partial charge < -0.3 is 9.80 Å². The summed E-state index contributed by atoms with van der Waals surface area (Å²) in [6, 6.07) is 14.7. The summed E-state index contributed by atoms with van der Waals surface area (Å²) in [6.45, 7) is 1.86. The van der Waals surface area contributed by atoms with Crippen LogP contribution >= 0.6 is 0 Å². The maximum atomic E-state index is 4.84. The number of rotatable bonds is 5. The Kier molecular flexibility index (Phi) is 4.78. The Labute approximate surface area is 154 Å². The quantitative estimate of drug-likeness (QED) is 0.706. The van der Waals surface area contributed by atoms with Gasteiger partial charge in [-0.05, 0) is 54.7 Å². The number of likely N-dealkylation sites (N-methyl/N-ethyl adjacent to an activating group) is 1. The molecule has 0 aliphatic carbocycles. The molecule has 5 nitrogen and oxygen atoms in total. The second-order valence-corrected chi connectivity index (χ2v) is 6.63. The van der Waals surface area contributed by atoms with Gasteiger partial charge in [-0.15, -0.1) is 0 Å². The fraction of sp³-hybridized carbons (Fsp3) is 0.286. The lowest BCUT2D eigenvalue weighted by Gasteiger charge is -2.30. The van der Waals surface area contributed by atoms with Crippen molar-refractivity contribution in [2.75, 3.05) is 29.9 Å². The van der Waals surface area contributed by atoms with Gasteiger partial charge in [0.05, 0.1) is 0 Å². The van der Waals surface area contributed by atoms with E-state index in [0.29, 0.717) is 0 Å². The Morgan fingerprint density at radius 1 is 1.04 bits per heavy atom. The van der Waals surface area contributed by atoms with E-state index in [1.165, 1.54) is 16.8 Å². The van der Waals surface area contributed by atoms with Crippen LogP contribution in [0.1, 0.15) is 17.5 Å². The first-order valence-electron chi connectivity index (χ1n) is 9.10. The van der Waals surface area contributed by atoms with Gasteiger partial charge in [0.1, 0.15) is 5.82 Å². The highest BCUT2D eigenvalue weighted by atomic mass is 15.3. The summed E-state index contributed by atoms with van der Waals surface area (Å²) < 4.78 is 0. The number of pyridine rings is 1. The smallest absolute Gasteiger partial charge is 0.227 e. The number of hydrogen-bond donors (Lipinski definition) is 0. The van der Waals surface area contributed by atoms with Crippen LogP contribution in [0.3, 0.4) is 0 Å². The summed E-state index contributed by atoms with van der Waals surface area (Å²) in [5.74, 6) is 1.73. The molecule has 0 amide bonds. The van der Waals surface area contributed by atoms with Crippen LogP contribution in [-0.4, -0.2) is 35.1 Å². The van der Waals surface area contributed by atoms with Crippen LogP contribution in [0, 0.1) is 0 Å². The minimum atomic E-state index is 0.764. The molecule has 5 heteroatoms. The van der Waals surface area contributed by atoms with Gasteiger partial charge in [-0.1, -0.05) is 18.2 Å². The van der Waals surface area contributed by atoms with Gasteiger partial charge >= 0.3 is 0 Å². The minimum Gasteiger partial charge on any atom is -0.343 e. The number of aryl methyl sites for hydroxylation is 1. The zero-order valence-corrected chi connectivity index (χ0v) is 15.0. The van der Waals surface area contributed by atoms with E-state index in [-0.39, 0.29) is 0 Å². The largest absolute Gasteiger partial charge is 0.343 e. The van der Waals surface area contributed by atoms with Crippen LogP contribution in [0.2, 0.25) is 0 Å². The van der Waals surface area contributed by atoms with Gasteiger partial charge in [-0.3, -0.25) is 4.98 Å². The van der Waals surface area contributed by atoms with Crippen LogP contribution in [0.4, 0.5) is 17.5 Å². The van der Waals surface area contributed by atoms with Crippen LogP contribution < -0.4 is 9.80 Å². The Morgan fingerprint density at radius 2 is 1.88 bits per heavy atom. The minimum absolute atomic E-state index is 0.764. The molecule has 0 spiro atoms. The number of nitrogens with zero attached hydrogens (tertiary/aromatic N) is 5. The van der Waals surface area contributed by atoms with E-state index in [1.807, 2.05) is 31.7 Å². The van der Waals surface area contributed by atoms with E-state index in [2.05, 4.69) is 56.2 Å². The van der Waals surface area contributed by atoms with Crippen molar-refractivity contribution < 1.29 is 0 Å². The third-order valence-electron chi connectivity index (χ3n) is 4.84. The predicted molar refractivity (Wildman–Crippen MR) is 105 cm³/mol. The van der Waals surface area contributed by atoms with Crippen LogP contribution in [0.25, 0.3) is 0 Å². The van der Waals surface area contributed by atoms with Crippen molar-refractivity contribution in [1.29, 1.82) is 0 Å². The lowest BCUT2D eigenvalue weighted by atomic mass is 10.0. The van der Waals surface area contributed by atoms with Crippen molar-refractivity contribution in [2.24, 2.45) is 0 Å². The van der Waals surface area contributed by atoms with Crippen LogP contribution in [-0.2, 0) is 12.8 Å². The second-order valence-electron chi connectivity index (χ2n) is 6.63. The number of para-hydroxylation sites is 1. The molecule has 3 aromatic rings. The molecule has 132 valence electrons. The molecule has 0 atom stereocenters. The normalized spacial score (nSPS) is 13.3. The summed E-state index contributed by atoms with van der Waals surface area (Å²) in [7, 11) is 2.05. The summed E-state index contributed by atoms with van der Waals surface area (Å²) in [6.07, 6.45) is 8.75. The lowest BCUT2D eigenvalue weighted by Crippen LogP contribution is -2.27. The van der Waals surface area contributed by atoms with Gasteiger partial charge in [0.15, 0.2) is 0 Å². The number of benzene rings is 1. The molecule has 0 unspecified atom stereocenters. The molecule has 0 saturated carbocycles. The Morgan fingerprint density at radius 3 is 2.77 bits per heavy atom. The maximum absolute atomic E-state index is 4.84. The Balaban J connectivity index is 1.52. The van der Waals surface area contributed by atoms with Crippen molar-refractivity contribution in [3.05, 3.63) is 72.2 Å². The first kappa shape index (κ1) is 16.5. The summed E-state index contributed by atoms with van der Waals surface area (Å²) in [5.41, 5.74) is 3.93. The van der Waals surface area contributed by atoms with Crippen molar-refractivity contribution in [3.63, 3.8) is 0 Å². The molecule has 2 aromatic heterocycles. The van der Waals surface area contributed by atoms with E-state index in [4.69, 9.17) is 4.98 Å². The highest BCUT2D eigenvalue weighted by Gasteiger charge is 2.19. The van der Waals surface area contributed by atoms with Gasteiger partial charge in [0.25, 0.3) is 0 Å². The first-order valence-corrected chi connectivity index (χ1v) is 9.10. The fourth-order valence-electron chi connectivity index (χ4n) is 3.39. The molecule has 0 N–H and O–H groups in total. The van der Waals surface area contributed by atoms with E-state index in [0.717, 1.165) is 44.1 Å². The zero-order valence-electron chi connectivity index (χ0n) is 15.0. The Bertz CT molecular complexity index is 865. The molecule has 1 aliphatic heterocycles. The summed E-state index contributed by atoms with van der Waals surface area (Å²) in [4.78, 5) is 17.8. The van der Waals surface area contributed by atoms with Gasteiger partial charge in [-0.25, -0.2) is 4.98 Å². The second kappa shape index (κ2) is 7.52. The third-order valence-corrected chi connectivity index (χ3v) is 4.84. The highest BCUT2D eigenvalue weighted by Crippen LogP contribution is 2.32. The number of hydrogen-bond acceptors (Lipinski definition) is 5. The van der Waals surface area contributed by atoms with Crippen molar-refractivity contribution >= 4 is 17.5 Å². The summed E-state index contributed by atoms with van der Waals surface area (Å²) in [5, 5.41) is 0.